The van der Waals surface area contributed by atoms with Crippen molar-refractivity contribution in [3.8, 4) is 17.6 Å². The predicted molar refractivity (Wildman–Crippen MR) is 123 cm³/mol. The van der Waals surface area contributed by atoms with Crippen LogP contribution in [-0.2, 0) is 6.54 Å². The quantitative estimate of drug-likeness (QED) is 0.627. The zero-order valence-electron chi connectivity index (χ0n) is 18.7. The minimum atomic E-state index is 0.253. The van der Waals surface area contributed by atoms with Crippen LogP contribution in [0, 0.1) is 17.2 Å². The lowest BCUT2D eigenvalue weighted by atomic mass is 9.84. The molecule has 0 bridgehead atoms. The van der Waals surface area contributed by atoms with Gasteiger partial charge in [0, 0.05) is 31.5 Å². The van der Waals surface area contributed by atoms with Gasteiger partial charge < -0.3 is 19.3 Å². The average Bonchev–Trinajstić information content (AvgIpc) is 2.81. The Balaban J connectivity index is 1.34. The van der Waals surface area contributed by atoms with Crippen LogP contribution in [0.3, 0.4) is 0 Å². The van der Waals surface area contributed by atoms with E-state index in [1.165, 1.54) is 16.7 Å². The Kier molecular flexibility index (Phi) is 7.11. The lowest BCUT2D eigenvalue weighted by Crippen LogP contribution is -2.34. The van der Waals surface area contributed by atoms with E-state index in [1.807, 2.05) is 12.1 Å². The van der Waals surface area contributed by atoms with Gasteiger partial charge in [0.15, 0.2) is 0 Å². The third-order valence-electron chi connectivity index (χ3n) is 6.60. The first-order chi connectivity index (χ1) is 15.2. The van der Waals surface area contributed by atoms with E-state index in [0.717, 1.165) is 70.1 Å². The topological polar surface area (TPSA) is 48.7 Å². The summed E-state index contributed by atoms with van der Waals surface area (Å²) in [4.78, 5) is 4.84. The molecule has 2 aliphatic rings. The van der Waals surface area contributed by atoms with Crippen LogP contribution in [0.2, 0.25) is 0 Å². The Morgan fingerprint density at radius 2 is 1.81 bits per heavy atom. The molecule has 0 amide bonds. The van der Waals surface area contributed by atoms with Gasteiger partial charge in [-0.2, -0.15) is 5.26 Å². The summed E-state index contributed by atoms with van der Waals surface area (Å²) in [5.74, 6) is 2.48. The average molecular weight is 420 g/mol. The van der Waals surface area contributed by atoms with Crippen molar-refractivity contribution < 1.29 is 9.47 Å². The number of methoxy groups -OCH3 is 1. The maximum Gasteiger partial charge on any atom is 0.119 e. The number of nitriles is 1. The summed E-state index contributed by atoms with van der Waals surface area (Å²) in [6, 6.07) is 17.4. The fourth-order valence-corrected chi connectivity index (χ4v) is 4.80. The van der Waals surface area contributed by atoms with Gasteiger partial charge >= 0.3 is 0 Å². The number of hydrogen-bond acceptors (Lipinski definition) is 5. The highest BCUT2D eigenvalue weighted by molar-refractivity contribution is 5.45. The van der Waals surface area contributed by atoms with E-state index in [1.54, 1.807) is 7.11 Å². The molecule has 2 heterocycles. The summed E-state index contributed by atoms with van der Waals surface area (Å²) >= 11 is 0. The van der Waals surface area contributed by atoms with Crippen molar-refractivity contribution in [3.63, 3.8) is 0 Å². The second-order valence-corrected chi connectivity index (χ2v) is 8.83. The van der Waals surface area contributed by atoms with E-state index in [9.17, 15) is 0 Å². The van der Waals surface area contributed by atoms with Gasteiger partial charge in [-0.05, 0) is 80.4 Å². The summed E-state index contributed by atoms with van der Waals surface area (Å²) in [7, 11) is 3.89. The number of hydrogen-bond donors (Lipinski definition) is 0. The number of nitrogens with zero attached hydrogens (tertiary/aromatic N) is 3. The highest BCUT2D eigenvalue weighted by Gasteiger charge is 2.25. The molecule has 31 heavy (non-hydrogen) atoms. The maximum atomic E-state index is 9.02. The molecule has 1 unspecified atom stereocenters. The first-order valence-electron chi connectivity index (χ1n) is 11.4. The molecule has 1 atom stereocenters. The second kappa shape index (κ2) is 10.2. The second-order valence-electron chi connectivity index (χ2n) is 8.83. The first-order valence-corrected chi connectivity index (χ1v) is 11.4. The molecule has 1 saturated heterocycles. The van der Waals surface area contributed by atoms with Gasteiger partial charge in [0.05, 0.1) is 19.8 Å². The smallest absolute Gasteiger partial charge is 0.119 e. The van der Waals surface area contributed by atoms with Gasteiger partial charge in [-0.1, -0.05) is 18.2 Å². The maximum absolute atomic E-state index is 9.02. The van der Waals surface area contributed by atoms with Crippen molar-refractivity contribution in [2.75, 3.05) is 46.9 Å². The van der Waals surface area contributed by atoms with E-state index in [4.69, 9.17) is 14.7 Å². The number of likely N-dealkylation sites (tertiary alicyclic amines) is 1. The SMILES string of the molecule is COc1ccc(C2CN(C)Cc3cc(OCCCN4CCC(C#N)CC4)ccc32)cc1. The van der Waals surface area contributed by atoms with Gasteiger partial charge in [-0.15, -0.1) is 0 Å². The van der Waals surface area contributed by atoms with Gasteiger partial charge in [0.1, 0.15) is 11.5 Å². The minimum Gasteiger partial charge on any atom is -0.497 e. The molecule has 0 saturated carbocycles. The number of ether oxygens (including phenoxy) is 2. The number of rotatable bonds is 7. The zero-order valence-corrected chi connectivity index (χ0v) is 18.7. The molecule has 2 aromatic carbocycles. The fourth-order valence-electron chi connectivity index (χ4n) is 4.80. The molecule has 4 rings (SSSR count). The Morgan fingerprint density at radius 3 is 2.52 bits per heavy atom. The van der Waals surface area contributed by atoms with Gasteiger partial charge in [0.2, 0.25) is 0 Å². The third kappa shape index (κ3) is 5.39. The van der Waals surface area contributed by atoms with Crippen molar-refractivity contribution in [3.05, 3.63) is 59.2 Å². The van der Waals surface area contributed by atoms with Crippen molar-refractivity contribution in [2.24, 2.45) is 5.92 Å². The molecule has 0 aromatic heterocycles. The van der Waals surface area contributed by atoms with E-state index in [-0.39, 0.29) is 5.92 Å². The van der Waals surface area contributed by atoms with Crippen LogP contribution in [0.1, 0.15) is 41.9 Å². The van der Waals surface area contributed by atoms with E-state index < -0.39 is 0 Å². The summed E-state index contributed by atoms with van der Waals surface area (Å²) in [5, 5.41) is 9.02. The molecule has 5 heteroatoms. The minimum absolute atomic E-state index is 0.253. The van der Waals surface area contributed by atoms with Crippen LogP contribution >= 0.6 is 0 Å². The molecule has 0 aliphatic carbocycles. The van der Waals surface area contributed by atoms with Gasteiger partial charge in [-0.3, -0.25) is 0 Å². The highest BCUT2D eigenvalue weighted by atomic mass is 16.5. The molecule has 1 fully saturated rings. The molecule has 2 aromatic rings. The van der Waals surface area contributed by atoms with Crippen LogP contribution in [0.5, 0.6) is 11.5 Å². The fraction of sp³-hybridized carbons (Fsp3) is 0.500. The number of fused-ring (bicyclic) bond motifs is 1. The van der Waals surface area contributed by atoms with E-state index in [2.05, 4.69) is 53.2 Å². The number of piperidine rings is 1. The van der Waals surface area contributed by atoms with Crippen molar-refractivity contribution >= 4 is 0 Å². The highest BCUT2D eigenvalue weighted by Crippen LogP contribution is 2.35. The summed E-state index contributed by atoms with van der Waals surface area (Å²) < 4.78 is 11.4. The molecule has 0 spiro atoms. The molecular formula is C26H33N3O2. The summed E-state index contributed by atoms with van der Waals surface area (Å²) in [5.41, 5.74) is 4.07. The molecule has 2 aliphatic heterocycles. The van der Waals surface area contributed by atoms with E-state index >= 15 is 0 Å². The van der Waals surface area contributed by atoms with Crippen LogP contribution in [0.15, 0.2) is 42.5 Å². The van der Waals surface area contributed by atoms with Crippen LogP contribution in [0.25, 0.3) is 0 Å². The number of benzene rings is 2. The van der Waals surface area contributed by atoms with Crippen LogP contribution in [0.4, 0.5) is 0 Å². The Morgan fingerprint density at radius 1 is 1.06 bits per heavy atom. The molecule has 5 nitrogen and oxygen atoms in total. The Hall–Kier alpha value is -2.55. The van der Waals surface area contributed by atoms with Crippen LogP contribution in [-0.4, -0.2) is 56.7 Å². The summed E-state index contributed by atoms with van der Waals surface area (Å²) in [6.07, 6.45) is 3.03. The lowest BCUT2D eigenvalue weighted by molar-refractivity contribution is 0.187. The van der Waals surface area contributed by atoms with Crippen molar-refractivity contribution in [2.45, 2.75) is 31.7 Å². The summed E-state index contributed by atoms with van der Waals surface area (Å²) in [6.45, 7) is 5.82. The molecule has 164 valence electrons. The Labute approximate surface area is 186 Å². The molecule has 0 N–H and O–H groups in total. The first kappa shape index (κ1) is 21.7. The number of likely N-dealkylation sites (N-methyl/N-ethyl adjacent to an activating group) is 1. The van der Waals surface area contributed by atoms with E-state index in [0.29, 0.717) is 5.92 Å². The normalized spacial score (nSPS) is 20.1. The molecule has 0 radical (unpaired) electrons. The van der Waals surface area contributed by atoms with Crippen molar-refractivity contribution in [1.29, 1.82) is 5.26 Å². The standard InChI is InChI=1S/C26H33N3O2/c1-28-18-22-16-24(31-15-3-12-29-13-10-20(17-27)11-14-29)8-9-25(22)26(19-28)21-4-6-23(30-2)7-5-21/h4-9,16,20,26H,3,10-15,18-19H2,1-2H3. The zero-order chi connectivity index (χ0) is 21.6. The largest absolute Gasteiger partial charge is 0.497 e. The monoisotopic (exact) mass is 419 g/mol. The molecular weight excluding hydrogens is 386 g/mol. The van der Waals surface area contributed by atoms with Gasteiger partial charge in [0.25, 0.3) is 0 Å². The van der Waals surface area contributed by atoms with Crippen molar-refractivity contribution in [1.82, 2.24) is 9.80 Å². The van der Waals surface area contributed by atoms with Crippen LogP contribution < -0.4 is 9.47 Å². The third-order valence-corrected chi connectivity index (χ3v) is 6.60. The Bertz CT molecular complexity index is 898. The lowest BCUT2D eigenvalue weighted by Gasteiger charge is -2.33. The van der Waals surface area contributed by atoms with Gasteiger partial charge in [-0.25, -0.2) is 0 Å². The predicted octanol–water partition coefficient (Wildman–Crippen LogP) is 4.28.